The third kappa shape index (κ3) is 4.64. The summed E-state index contributed by atoms with van der Waals surface area (Å²) in [5.74, 6) is 1.20. The highest BCUT2D eigenvalue weighted by molar-refractivity contribution is 7.99. The molecular formula is C6H13NO2S. The summed E-state index contributed by atoms with van der Waals surface area (Å²) in [5.41, 5.74) is 0. The Bertz CT molecular complexity index is 106. The van der Waals surface area contributed by atoms with Gasteiger partial charge in [0.15, 0.2) is 0 Å². The fourth-order valence-corrected chi connectivity index (χ4v) is 1.06. The van der Waals surface area contributed by atoms with Gasteiger partial charge in [-0.15, -0.1) is 11.8 Å². The van der Waals surface area contributed by atoms with Crippen LogP contribution in [0.25, 0.3) is 0 Å². The number of aliphatic hydroxyl groups excluding tert-OH is 1. The predicted molar refractivity (Wildman–Crippen MR) is 43.1 cm³/mol. The highest BCUT2D eigenvalue weighted by Crippen LogP contribution is 1.98. The Hall–Kier alpha value is -0.220. The molecule has 0 aliphatic heterocycles. The van der Waals surface area contributed by atoms with Gasteiger partial charge in [0.2, 0.25) is 5.91 Å². The van der Waals surface area contributed by atoms with E-state index in [1.807, 2.05) is 0 Å². The van der Waals surface area contributed by atoms with Crippen molar-refractivity contribution in [1.29, 1.82) is 0 Å². The minimum absolute atomic E-state index is 0.0958. The molecule has 1 amide bonds. The molecule has 0 aromatic heterocycles. The molecule has 0 heterocycles. The number of aliphatic hydroxyl groups is 1. The highest BCUT2D eigenvalue weighted by Gasteiger charge is 2.01. The highest BCUT2D eigenvalue weighted by atomic mass is 32.2. The summed E-state index contributed by atoms with van der Waals surface area (Å²) in [6.45, 7) is 0.144. The lowest BCUT2D eigenvalue weighted by Crippen LogP contribution is -2.23. The van der Waals surface area contributed by atoms with E-state index in [2.05, 4.69) is 0 Å². The Morgan fingerprint density at radius 1 is 1.60 bits per heavy atom. The number of nitrogens with zero attached hydrogens (tertiary/aromatic N) is 1. The van der Waals surface area contributed by atoms with Gasteiger partial charge in [0.25, 0.3) is 0 Å². The number of hydrogen-bond donors (Lipinski definition) is 1. The average molecular weight is 163 g/mol. The van der Waals surface area contributed by atoms with Crippen molar-refractivity contribution in [1.82, 2.24) is 4.90 Å². The Balaban J connectivity index is 3.22. The van der Waals surface area contributed by atoms with Crippen LogP contribution in [0.15, 0.2) is 0 Å². The lowest BCUT2D eigenvalue weighted by molar-refractivity contribution is -0.125. The molecular weight excluding hydrogens is 150 g/mol. The van der Waals surface area contributed by atoms with Crippen LogP contribution in [0.4, 0.5) is 0 Å². The van der Waals surface area contributed by atoms with E-state index >= 15 is 0 Å². The quantitative estimate of drug-likeness (QED) is 0.583. The van der Waals surface area contributed by atoms with Crippen LogP contribution in [0.3, 0.4) is 0 Å². The van der Waals surface area contributed by atoms with Gasteiger partial charge < -0.3 is 10.0 Å². The fraction of sp³-hybridized carbons (Fsp3) is 0.833. The number of amides is 1. The van der Waals surface area contributed by atoms with Crippen molar-refractivity contribution in [3.8, 4) is 0 Å². The van der Waals surface area contributed by atoms with Crippen LogP contribution in [-0.4, -0.2) is 48.1 Å². The second kappa shape index (κ2) is 5.56. The molecule has 4 heteroatoms. The van der Waals surface area contributed by atoms with Crippen molar-refractivity contribution in [2.24, 2.45) is 0 Å². The molecule has 10 heavy (non-hydrogen) atoms. The number of carbonyl (C=O) groups excluding carboxylic acids is 1. The largest absolute Gasteiger partial charge is 0.396 e. The van der Waals surface area contributed by atoms with Crippen molar-refractivity contribution in [3.05, 3.63) is 0 Å². The fourth-order valence-electron chi connectivity index (χ4n) is 0.353. The summed E-state index contributed by atoms with van der Waals surface area (Å²) < 4.78 is 0. The summed E-state index contributed by atoms with van der Waals surface area (Å²) in [6.07, 6.45) is 0. The Morgan fingerprint density at radius 2 is 2.20 bits per heavy atom. The van der Waals surface area contributed by atoms with Crippen molar-refractivity contribution >= 4 is 17.7 Å². The van der Waals surface area contributed by atoms with E-state index in [0.29, 0.717) is 11.5 Å². The standard InChI is InChI=1S/C6H13NO2S/c1-7(2)6(9)5-10-4-3-8/h8H,3-5H2,1-2H3. The average Bonchev–Trinajstić information content (AvgIpc) is 1.88. The molecule has 0 radical (unpaired) electrons. The van der Waals surface area contributed by atoms with Crippen LogP contribution in [0, 0.1) is 0 Å². The lowest BCUT2D eigenvalue weighted by atomic mass is 10.6. The van der Waals surface area contributed by atoms with Crippen LogP contribution in [0.2, 0.25) is 0 Å². The minimum Gasteiger partial charge on any atom is -0.396 e. The normalized spacial score (nSPS) is 9.50. The molecule has 3 nitrogen and oxygen atoms in total. The van der Waals surface area contributed by atoms with Crippen LogP contribution in [0.5, 0.6) is 0 Å². The van der Waals surface area contributed by atoms with Crippen molar-refractivity contribution in [2.75, 3.05) is 32.2 Å². The predicted octanol–water partition coefficient (Wildman–Crippen LogP) is -0.200. The molecule has 0 saturated heterocycles. The molecule has 0 atom stereocenters. The summed E-state index contributed by atoms with van der Waals surface area (Å²) in [5, 5.41) is 8.37. The molecule has 0 fully saturated rings. The zero-order chi connectivity index (χ0) is 7.98. The van der Waals surface area contributed by atoms with Gasteiger partial charge in [0.05, 0.1) is 12.4 Å². The molecule has 0 aromatic rings. The molecule has 0 aliphatic carbocycles. The SMILES string of the molecule is CN(C)C(=O)CSCCO. The molecule has 0 spiro atoms. The van der Waals surface area contributed by atoms with Gasteiger partial charge in [-0.25, -0.2) is 0 Å². The molecule has 0 saturated carbocycles. The molecule has 0 aromatic carbocycles. The Morgan fingerprint density at radius 3 is 2.60 bits per heavy atom. The molecule has 0 aliphatic rings. The van der Waals surface area contributed by atoms with Crippen LogP contribution < -0.4 is 0 Å². The first-order valence-corrected chi connectivity index (χ1v) is 4.22. The molecule has 0 bridgehead atoms. The number of rotatable bonds is 4. The summed E-state index contributed by atoms with van der Waals surface area (Å²) >= 11 is 1.45. The first kappa shape index (κ1) is 9.78. The van der Waals surface area contributed by atoms with Crippen LogP contribution in [-0.2, 0) is 4.79 Å². The summed E-state index contributed by atoms with van der Waals surface area (Å²) in [7, 11) is 3.45. The van der Waals surface area contributed by atoms with E-state index in [-0.39, 0.29) is 12.5 Å². The maximum Gasteiger partial charge on any atom is 0.232 e. The van der Waals surface area contributed by atoms with Crippen molar-refractivity contribution in [2.45, 2.75) is 0 Å². The van der Waals surface area contributed by atoms with Gasteiger partial charge >= 0.3 is 0 Å². The molecule has 0 unspecified atom stereocenters. The molecule has 60 valence electrons. The van der Waals surface area contributed by atoms with Crippen molar-refractivity contribution < 1.29 is 9.90 Å². The van der Waals surface area contributed by atoms with E-state index in [4.69, 9.17) is 5.11 Å². The summed E-state index contributed by atoms with van der Waals surface area (Å²) in [6, 6.07) is 0. The first-order valence-electron chi connectivity index (χ1n) is 3.07. The number of carbonyl (C=O) groups is 1. The minimum atomic E-state index is 0.0958. The van der Waals surface area contributed by atoms with Gasteiger partial charge in [-0.1, -0.05) is 0 Å². The first-order chi connectivity index (χ1) is 4.68. The number of hydrogen-bond acceptors (Lipinski definition) is 3. The van der Waals surface area contributed by atoms with Gasteiger partial charge in [-0.3, -0.25) is 4.79 Å². The molecule has 1 N–H and O–H groups in total. The topological polar surface area (TPSA) is 40.5 Å². The second-order valence-corrected chi connectivity index (χ2v) is 3.17. The summed E-state index contributed by atoms with van der Waals surface area (Å²) in [4.78, 5) is 12.4. The van der Waals surface area contributed by atoms with E-state index in [0.717, 1.165) is 0 Å². The smallest absolute Gasteiger partial charge is 0.232 e. The maximum absolute atomic E-state index is 10.8. The molecule has 0 rings (SSSR count). The van der Waals surface area contributed by atoms with E-state index in [1.54, 1.807) is 19.0 Å². The Kier molecular flexibility index (Phi) is 5.43. The zero-order valence-electron chi connectivity index (χ0n) is 6.33. The maximum atomic E-state index is 10.8. The van der Waals surface area contributed by atoms with E-state index in [9.17, 15) is 4.79 Å². The van der Waals surface area contributed by atoms with Gasteiger partial charge in [0, 0.05) is 19.8 Å². The lowest BCUT2D eigenvalue weighted by Gasteiger charge is -2.08. The third-order valence-corrected chi connectivity index (χ3v) is 1.88. The van der Waals surface area contributed by atoms with Crippen molar-refractivity contribution in [3.63, 3.8) is 0 Å². The number of thioether (sulfide) groups is 1. The zero-order valence-corrected chi connectivity index (χ0v) is 7.15. The van der Waals surface area contributed by atoms with Crippen LogP contribution in [0.1, 0.15) is 0 Å². The Labute approximate surface area is 65.4 Å². The second-order valence-electron chi connectivity index (χ2n) is 2.06. The monoisotopic (exact) mass is 163 g/mol. The van der Waals surface area contributed by atoms with E-state index < -0.39 is 0 Å². The van der Waals surface area contributed by atoms with Gasteiger partial charge in [0.1, 0.15) is 0 Å². The van der Waals surface area contributed by atoms with Crippen LogP contribution >= 0.6 is 11.8 Å². The van der Waals surface area contributed by atoms with Gasteiger partial charge in [-0.2, -0.15) is 0 Å². The van der Waals surface area contributed by atoms with Gasteiger partial charge in [-0.05, 0) is 0 Å². The van der Waals surface area contributed by atoms with E-state index in [1.165, 1.54) is 11.8 Å². The third-order valence-electron chi connectivity index (χ3n) is 0.960.